The number of anilines is 1. The normalized spacial score (nSPS) is 17.0. The molecular formula is C22H23NO6. The molecule has 152 valence electrons. The van der Waals surface area contributed by atoms with Crippen molar-refractivity contribution in [1.82, 2.24) is 0 Å². The van der Waals surface area contributed by atoms with Crippen molar-refractivity contribution in [2.45, 2.75) is 19.4 Å². The Morgan fingerprint density at radius 1 is 1.07 bits per heavy atom. The minimum atomic E-state index is -0.926. The Kier molecular flexibility index (Phi) is 6.16. The maximum atomic E-state index is 12.6. The van der Waals surface area contributed by atoms with Gasteiger partial charge in [-0.2, -0.15) is 0 Å². The van der Waals surface area contributed by atoms with Gasteiger partial charge in [0.1, 0.15) is 11.5 Å². The third kappa shape index (κ3) is 4.39. The van der Waals surface area contributed by atoms with Gasteiger partial charge in [-0.3, -0.25) is 14.4 Å². The molecule has 0 unspecified atom stereocenters. The maximum absolute atomic E-state index is 12.6. The molecule has 0 spiro atoms. The summed E-state index contributed by atoms with van der Waals surface area (Å²) in [7, 11) is 3.04. The number of nitrogens with zero attached hydrogens (tertiary/aromatic N) is 1. The van der Waals surface area contributed by atoms with E-state index >= 15 is 0 Å². The Morgan fingerprint density at radius 3 is 2.45 bits per heavy atom. The van der Waals surface area contributed by atoms with Crippen molar-refractivity contribution in [3.8, 4) is 11.5 Å². The van der Waals surface area contributed by atoms with Crippen molar-refractivity contribution in [2.24, 2.45) is 5.92 Å². The van der Waals surface area contributed by atoms with E-state index in [4.69, 9.17) is 14.2 Å². The number of ketones is 1. The molecule has 2 aromatic rings. The second-order valence-corrected chi connectivity index (χ2v) is 6.75. The van der Waals surface area contributed by atoms with Crippen LogP contribution in [-0.4, -0.2) is 44.5 Å². The first-order chi connectivity index (χ1) is 13.9. The average Bonchev–Trinajstić information content (AvgIpc) is 3.14. The number of carbonyl (C=O) groups is 3. The van der Waals surface area contributed by atoms with Crippen LogP contribution in [0.4, 0.5) is 5.69 Å². The predicted molar refractivity (Wildman–Crippen MR) is 106 cm³/mol. The maximum Gasteiger partial charge on any atom is 0.312 e. The molecule has 1 saturated heterocycles. The van der Waals surface area contributed by atoms with Gasteiger partial charge in [-0.1, -0.05) is 30.3 Å². The van der Waals surface area contributed by atoms with E-state index in [9.17, 15) is 14.4 Å². The Balaban J connectivity index is 1.68. The van der Waals surface area contributed by atoms with Gasteiger partial charge >= 0.3 is 5.97 Å². The number of esters is 1. The van der Waals surface area contributed by atoms with Gasteiger partial charge in [0.2, 0.25) is 11.7 Å². The molecule has 0 saturated carbocycles. The minimum Gasteiger partial charge on any atom is -0.497 e. The summed E-state index contributed by atoms with van der Waals surface area (Å²) in [6.07, 6.45) is -0.912. The van der Waals surface area contributed by atoms with E-state index < -0.39 is 18.0 Å². The highest BCUT2D eigenvalue weighted by Gasteiger charge is 2.38. The lowest BCUT2D eigenvalue weighted by Gasteiger charge is -2.20. The number of carbonyl (C=O) groups excluding carboxylic acids is 3. The van der Waals surface area contributed by atoms with Crippen LogP contribution in [0.3, 0.4) is 0 Å². The highest BCUT2D eigenvalue weighted by atomic mass is 16.5. The molecule has 1 fully saturated rings. The Morgan fingerprint density at radius 2 is 1.79 bits per heavy atom. The molecule has 1 aliphatic rings. The second kappa shape index (κ2) is 8.77. The van der Waals surface area contributed by atoms with Gasteiger partial charge in [0.05, 0.1) is 25.8 Å². The SMILES string of the molecule is COc1ccc(N2C[C@@H](C(=O)O[C@@H](C)C(=O)c3ccccc3)CC2=O)c(OC)c1. The number of amides is 1. The Labute approximate surface area is 169 Å². The van der Waals surface area contributed by atoms with Gasteiger partial charge in [0.25, 0.3) is 0 Å². The van der Waals surface area contributed by atoms with E-state index in [2.05, 4.69) is 0 Å². The zero-order valence-electron chi connectivity index (χ0n) is 16.6. The quantitative estimate of drug-likeness (QED) is 0.528. The van der Waals surface area contributed by atoms with Crippen molar-refractivity contribution in [3.05, 3.63) is 54.1 Å². The topological polar surface area (TPSA) is 82.1 Å². The van der Waals surface area contributed by atoms with Crippen molar-refractivity contribution >= 4 is 23.3 Å². The number of methoxy groups -OCH3 is 2. The number of rotatable bonds is 7. The molecule has 1 aliphatic heterocycles. The number of benzene rings is 2. The van der Waals surface area contributed by atoms with Crippen LogP contribution in [0.25, 0.3) is 0 Å². The van der Waals surface area contributed by atoms with Gasteiger partial charge in [-0.05, 0) is 19.1 Å². The third-order valence-electron chi connectivity index (χ3n) is 4.86. The number of Topliss-reactive ketones (excluding diaryl/α,β-unsaturated/α-hetero) is 1. The predicted octanol–water partition coefficient (Wildman–Crippen LogP) is 2.87. The van der Waals surface area contributed by atoms with E-state index in [0.29, 0.717) is 22.7 Å². The van der Waals surface area contributed by atoms with Gasteiger partial charge in [-0.15, -0.1) is 0 Å². The van der Waals surface area contributed by atoms with Crippen LogP contribution < -0.4 is 14.4 Å². The second-order valence-electron chi connectivity index (χ2n) is 6.75. The Hall–Kier alpha value is -3.35. The van der Waals surface area contributed by atoms with Gasteiger partial charge in [0, 0.05) is 24.6 Å². The molecule has 0 N–H and O–H groups in total. The zero-order valence-corrected chi connectivity index (χ0v) is 16.6. The first-order valence-corrected chi connectivity index (χ1v) is 9.26. The molecule has 0 bridgehead atoms. The monoisotopic (exact) mass is 397 g/mol. The van der Waals surface area contributed by atoms with Crippen LogP contribution in [-0.2, 0) is 14.3 Å². The lowest BCUT2D eigenvalue weighted by atomic mass is 10.1. The smallest absolute Gasteiger partial charge is 0.312 e. The van der Waals surface area contributed by atoms with Crippen LogP contribution in [0.5, 0.6) is 11.5 Å². The third-order valence-corrected chi connectivity index (χ3v) is 4.86. The van der Waals surface area contributed by atoms with E-state index in [1.54, 1.807) is 55.6 Å². The van der Waals surface area contributed by atoms with E-state index in [1.165, 1.54) is 18.9 Å². The fraction of sp³-hybridized carbons (Fsp3) is 0.318. The molecule has 3 rings (SSSR count). The molecule has 0 radical (unpaired) electrons. The van der Waals surface area contributed by atoms with E-state index in [1.807, 2.05) is 0 Å². The molecule has 7 heteroatoms. The average molecular weight is 397 g/mol. The number of hydrogen-bond donors (Lipinski definition) is 0. The summed E-state index contributed by atoms with van der Waals surface area (Å²) in [6.45, 7) is 1.70. The van der Waals surface area contributed by atoms with Crippen molar-refractivity contribution in [3.63, 3.8) is 0 Å². The summed E-state index contributed by atoms with van der Waals surface area (Å²) in [5.41, 5.74) is 1.03. The Bertz CT molecular complexity index is 911. The van der Waals surface area contributed by atoms with Gasteiger partial charge in [-0.25, -0.2) is 0 Å². The molecule has 1 amide bonds. The van der Waals surface area contributed by atoms with Crippen LogP contribution in [0, 0.1) is 5.92 Å². The highest BCUT2D eigenvalue weighted by molar-refractivity contribution is 6.02. The van der Waals surface area contributed by atoms with Crippen molar-refractivity contribution < 1.29 is 28.6 Å². The largest absolute Gasteiger partial charge is 0.497 e. The summed E-state index contributed by atoms with van der Waals surface area (Å²) in [4.78, 5) is 39.0. The highest BCUT2D eigenvalue weighted by Crippen LogP contribution is 2.36. The van der Waals surface area contributed by atoms with E-state index in [-0.39, 0.29) is 24.7 Å². The first-order valence-electron chi connectivity index (χ1n) is 9.26. The van der Waals surface area contributed by atoms with Crippen LogP contribution in [0.1, 0.15) is 23.7 Å². The molecule has 2 atom stereocenters. The fourth-order valence-electron chi connectivity index (χ4n) is 3.27. The lowest BCUT2D eigenvalue weighted by molar-refractivity contribution is -0.151. The van der Waals surface area contributed by atoms with Crippen molar-refractivity contribution in [2.75, 3.05) is 25.7 Å². The van der Waals surface area contributed by atoms with Crippen LogP contribution in [0.15, 0.2) is 48.5 Å². The summed E-state index contributed by atoms with van der Waals surface area (Å²) in [5, 5.41) is 0. The molecule has 29 heavy (non-hydrogen) atoms. The number of ether oxygens (including phenoxy) is 3. The summed E-state index contributed by atoms with van der Waals surface area (Å²) < 4.78 is 15.9. The van der Waals surface area contributed by atoms with Crippen molar-refractivity contribution in [1.29, 1.82) is 0 Å². The van der Waals surface area contributed by atoms with E-state index in [0.717, 1.165) is 0 Å². The molecule has 0 aliphatic carbocycles. The summed E-state index contributed by atoms with van der Waals surface area (Å²) >= 11 is 0. The zero-order chi connectivity index (χ0) is 21.0. The fourth-order valence-corrected chi connectivity index (χ4v) is 3.27. The van der Waals surface area contributed by atoms with Gasteiger partial charge in [0.15, 0.2) is 6.10 Å². The molecule has 1 heterocycles. The molecule has 7 nitrogen and oxygen atoms in total. The molecule has 2 aromatic carbocycles. The summed E-state index contributed by atoms with van der Waals surface area (Å²) in [5.74, 6) is -0.638. The lowest BCUT2D eigenvalue weighted by Crippen LogP contribution is -2.30. The molecular weight excluding hydrogens is 374 g/mol. The summed E-state index contributed by atoms with van der Waals surface area (Å²) in [6, 6.07) is 13.7. The van der Waals surface area contributed by atoms with Crippen LogP contribution in [0.2, 0.25) is 0 Å². The first kappa shape index (κ1) is 20.4. The van der Waals surface area contributed by atoms with Crippen LogP contribution >= 0.6 is 0 Å². The minimum absolute atomic E-state index is 0.0142. The standard InChI is InChI=1S/C22H23NO6/c1-14(21(25)15-7-5-4-6-8-15)29-22(26)16-11-20(24)23(13-16)18-10-9-17(27-2)12-19(18)28-3/h4-10,12,14,16H,11,13H2,1-3H3/t14-,16-/m0/s1. The molecule has 0 aromatic heterocycles. The number of hydrogen-bond acceptors (Lipinski definition) is 6. The van der Waals surface area contributed by atoms with Gasteiger partial charge < -0.3 is 19.1 Å².